The van der Waals surface area contributed by atoms with Gasteiger partial charge in [0.05, 0.1) is 12.7 Å². The maximum Gasteiger partial charge on any atom is 0.118 e. The van der Waals surface area contributed by atoms with Gasteiger partial charge in [0.25, 0.3) is 0 Å². The molecule has 0 bridgehead atoms. The SMILES string of the molecule is Ic1cnn(-c2ccc(I)s2)c1. The third-order valence-electron chi connectivity index (χ3n) is 1.34. The highest BCUT2D eigenvalue weighted by atomic mass is 127. The van der Waals surface area contributed by atoms with E-state index in [2.05, 4.69) is 62.4 Å². The van der Waals surface area contributed by atoms with Crippen molar-refractivity contribution in [2.45, 2.75) is 0 Å². The van der Waals surface area contributed by atoms with Crippen LogP contribution in [0.25, 0.3) is 5.00 Å². The summed E-state index contributed by atoms with van der Waals surface area (Å²) in [7, 11) is 0. The van der Waals surface area contributed by atoms with E-state index in [4.69, 9.17) is 0 Å². The Balaban J connectivity index is 2.43. The standard InChI is InChI=1S/C7H4I2N2S/c8-5-3-10-11(4-5)7-2-1-6(9)12-7/h1-4H. The first-order valence-corrected chi connectivity index (χ1v) is 6.19. The van der Waals surface area contributed by atoms with Crippen LogP contribution in [-0.4, -0.2) is 9.78 Å². The quantitative estimate of drug-likeness (QED) is 0.671. The van der Waals surface area contributed by atoms with Gasteiger partial charge in [-0.25, -0.2) is 4.68 Å². The van der Waals surface area contributed by atoms with Crippen molar-refractivity contribution in [1.29, 1.82) is 0 Å². The molecule has 0 aliphatic carbocycles. The van der Waals surface area contributed by atoms with Crippen molar-refractivity contribution < 1.29 is 0 Å². The molecule has 0 atom stereocenters. The number of nitrogens with zero attached hydrogens (tertiary/aromatic N) is 2. The third kappa shape index (κ3) is 1.82. The molecule has 2 aromatic rings. The fourth-order valence-corrected chi connectivity index (χ4v) is 2.76. The van der Waals surface area contributed by atoms with Gasteiger partial charge in [-0.1, -0.05) is 0 Å². The van der Waals surface area contributed by atoms with Crippen molar-refractivity contribution >= 4 is 56.5 Å². The van der Waals surface area contributed by atoms with Crippen LogP contribution in [0.2, 0.25) is 0 Å². The molecule has 2 nitrogen and oxygen atoms in total. The molecule has 0 radical (unpaired) electrons. The average molecular weight is 402 g/mol. The van der Waals surface area contributed by atoms with Crippen molar-refractivity contribution in [3.8, 4) is 5.00 Å². The topological polar surface area (TPSA) is 17.8 Å². The van der Waals surface area contributed by atoms with Crippen molar-refractivity contribution in [1.82, 2.24) is 9.78 Å². The van der Waals surface area contributed by atoms with Crippen LogP contribution in [-0.2, 0) is 0 Å². The molecular weight excluding hydrogens is 398 g/mol. The summed E-state index contributed by atoms with van der Waals surface area (Å²) in [5, 5.41) is 5.38. The molecule has 62 valence electrons. The monoisotopic (exact) mass is 402 g/mol. The lowest BCUT2D eigenvalue weighted by Gasteiger charge is -1.92. The van der Waals surface area contributed by atoms with Crippen LogP contribution in [0.15, 0.2) is 24.5 Å². The van der Waals surface area contributed by atoms with E-state index in [9.17, 15) is 0 Å². The van der Waals surface area contributed by atoms with Crippen LogP contribution < -0.4 is 0 Å². The Bertz CT molecular complexity index is 355. The van der Waals surface area contributed by atoms with E-state index in [1.165, 1.54) is 7.88 Å². The van der Waals surface area contributed by atoms with Crippen LogP contribution in [0.3, 0.4) is 0 Å². The Morgan fingerprint density at radius 1 is 1.33 bits per heavy atom. The number of aromatic nitrogens is 2. The minimum Gasteiger partial charge on any atom is -0.230 e. The van der Waals surface area contributed by atoms with Crippen molar-refractivity contribution in [2.75, 3.05) is 0 Å². The van der Waals surface area contributed by atoms with Crippen LogP contribution in [0.5, 0.6) is 0 Å². The van der Waals surface area contributed by atoms with Crippen LogP contribution >= 0.6 is 56.5 Å². The first-order chi connectivity index (χ1) is 5.75. The van der Waals surface area contributed by atoms with Crippen molar-refractivity contribution in [3.05, 3.63) is 31.0 Å². The smallest absolute Gasteiger partial charge is 0.118 e. The Labute approximate surface area is 101 Å². The predicted molar refractivity (Wildman–Crippen MR) is 66.9 cm³/mol. The fourth-order valence-electron chi connectivity index (χ4n) is 0.849. The van der Waals surface area contributed by atoms with Crippen molar-refractivity contribution in [2.24, 2.45) is 0 Å². The van der Waals surface area contributed by atoms with Gasteiger partial charge in [0.15, 0.2) is 0 Å². The normalized spacial score (nSPS) is 10.5. The van der Waals surface area contributed by atoms with E-state index in [-0.39, 0.29) is 0 Å². The van der Waals surface area contributed by atoms with Gasteiger partial charge in [-0.05, 0) is 57.3 Å². The maximum absolute atomic E-state index is 4.22. The summed E-state index contributed by atoms with van der Waals surface area (Å²) in [5.41, 5.74) is 0. The highest BCUT2D eigenvalue weighted by Crippen LogP contribution is 2.21. The van der Waals surface area contributed by atoms with Crippen LogP contribution in [0.1, 0.15) is 0 Å². The Hall–Kier alpha value is 0.370. The van der Waals surface area contributed by atoms with Gasteiger partial charge < -0.3 is 0 Å². The second-order valence-corrected chi connectivity index (χ2v) is 6.38. The van der Waals surface area contributed by atoms with Gasteiger partial charge in [-0.2, -0.15) is 5.10 Å². The first-order valence-electron chi connectivity index (χ1n) is 3.21. The van der Waals surface area contributed by atoms with Gasteiger partial charge in [0.2, 0.25) is 0 Å². The van der Waals surface area contributed by atoms with Gasteiger partial charge in [0, 0.05) is 6.20 Å². The molecule has 0 aromatic carbocycles. The summed E-state index contributed by atoms with van der Waals surface area (Å²) in [6.07, 6.45) is 3.87. The summed E-state index contributed by atoms with van der Waals surface area (Å²) in [5.74, 6) is 0. The zero-order valence-electron chi connectivity index (χ0n) is 5.87. The molecule has 12 heavy (non-hydrogen) atoms. The largest absolute Gasteiger partial charge is 0.230 e. The van der Waals surface area contributed by atoms with Crippen molar-refractivity contribution in [3.63, 3.8) is 0 Å². The molecule has 5 heteroatoms. The molecule has 2 rings (SSSR count). The van der Waals surface area contributed by atoms with E-state index in [0.717, 1.165) is 3.57 Å². The lowest BCUT2D eigenvalue weighted by Crippen LogP contribution is -1.88. The minimum absolute atomic E-state index is 1.16. The maximum atomic E-state index is 4.22. The molecule has 0 amide bonds. The highest BCUT2D eigenvalue weighted by molar-refractivity contribution is 14.1. The summed E-state index contributed by atoms with van der Waals surface area (Å²) in [4.78, 5) is 0. The third-order valence-corrected chi connectivity index (χ3v) is 3.78. The summed E-state index contributed by atoms with van der Waals surface area (Å²) >= 11 is 6.30. The van der Waals surface area contributed by atoms with Crippen LogP contribution in [0, 0.1) is 6.45 Å². The molecule has 2 aromatic heterocycles. The van der Waals surface area contributed by atoms with E-state index in [0.29, 0.717) is 0 Å². The Kier molecular flexibility index (Phi) is 2.70. The zero-order chi connectivity index (χ0) is 8.55. The first kappa shape index (κ1) is 8.95. The number of halogens is 2. The molecule has 0 spiro atoms. The molecule has 0 fully saturated rings. The van der Waals surface area contributed by atoms with Crippen LogP contribution in [0.4, 0.5) is 0 Å². The number of rotatable bonds is 1. The van der Waals surface area contributed by atoms with E-state index in [1.54, 1.807) is 11.3 Å². The van der Waals surface area contributed by atoms with E-state index >= 15 is 0 Å². The fraction of sp³-hybridized carbons (Fsp3) is 0. The lowest BCUT2D eigenvalue weighted by molar-refractivity contribution is 0.897. The summed E-state index contributed by atoms with van der Waals surface area (Å²) in [6.45, 7) is 0. The Morgan fingerprint density at radius 2 is 2.17 bits per heavy atom. The van der Waals surface area contributed by atoms with E-state index < -0.39 is 0 Å². The molecule has 0 saturated carbocycles. The molecule has 0 aliphatic heterocycles. The second-order valence-electron chi connectivity index (χ2n) is 2.18. The number of thiophene rings is 1. The predicted octanol–water partition coefficient (Wildman–Crippen LogP) is 3.14. The molecule has 0 N–H and O–H groups in total. The molecule has 2 heterocycles. The second kappa shape index (κ2) is 3.62. The van der Waals surface area contributed by atoms with Gasteiger partial charge in [0.1, 0.15) is 5.00 Å². The molecule has 0 unspecified atom stereocenters. The highest BCUT2D eigenvalue weighted by Gasteiger charge is 2.00. The van der Waals surface area contributed by atoms with Gasteiger partial charge in [-0.15, -0.1) is 11.3 Å². The molecule has 0 saturated heterocycles. The molecular formula is C7H4I2N2S. The average Bonchev–Trinajstić information content (AvgIpc) is 2.58. The summed E-state index contributed by atoms with van der Waals surface area (Å²) < 4.78 is 4.35. The zero-order valence-corrected chi connectivity index (χ0v) is 11.0. The number of hydrogen-bond donors (Lipinski definition) is 0. The van der Waals surface area contributed by atoms with Gasteiger partial charge in [-0.3, -0.25) is 0 Å². The van der Waals surface area contributed by atoms with Gasteiger partial charge >= 0.3 is 0 Å². The Morgan fingerprint density at radius 3 is 2.67 bits per heavy atom. The minimum atomic E-state index is 1.16. The molecule has 0 aliphatic rings. The lowest BCUT2D eigenvalue weighted by atomic mass is 10.6. The number of hydrogen-bond acceptors (Lipinski definition) is 2. The summed E-state index contributed by atoms with van der Waals surface area (Å²) in [6, 6.07) is 4.17. The van der Waals surface area contributed by atoms with E-state index in [1.807, 2.05) is 17.1 Å².